The van der Waals surface area contributed by atoms with Gasteiger partial charge >= 0.3 is 127 Å². The molecular formula is H18As2Ga2In2. The fraction of sp³-hybridized carbons (Fsp3) is 0. The summed E-state index contributed by atoms with van der Waals surface area (Å²) in [7, 11) is 0. The van der Waals surface area contributed by atoms with Gasteiger partial charge in [0.1, 0.15) is 0 Å². The van der Waals surface area contributed by atoms with E-state index in [1.165, 1.54) is 0 Å². The average Bonchev–Trinajstić information content (AvgIpc) is 0. The van der Waals surface area contributed by atoms with Crippen LogP contribution in [0.25, 0.3) is 0 Å². The van der Waals surface area contributed by atoms with Crippen molar-refractivity contribution in [2.24, 2.45) is 0 Å². The van der Waals surface area contributed by atoms with Crippen LogP contribution in [0.2, 0.25) is 0 Å². The zero-order valence-electron chi connectivity index (χ0n) is 1.41. The first-order chi connectivity index (χ1) is 0. The molecule has 0 saturated carbocycles. The van der Waals surface area contributed by atoms with Crippen LogP contribution in [0.15, 0.2) is 0 Å². The topological polar surface area (TPSA) is 0 Å². The molecule has 6 heavy (non-hydrogen) atoms. The van der Waals surface area contributed by atoms with Crippen molar-refractivity contribution in [3.05, 3.63) is 0 Å². The summed E-state index contributed by atoms with van der Waals surface area (Å²) in [4.78, 5) is 0. The molecule has 2 atom stereocenters. The van der Waals surface area contributed by atoms with Gasteiger partial charge in [-0.3, -0.25) is 0 Å². The van der Waals surface area contributed by atoms with Crippen molar-refractivity contribution in [3.63, 3.8) is 0 Å². The van der Waals surface area contributed by atoms with Crippen molar-refractivity contribution < 1.29 is 0 Å². The summed E-state index contributed by atoms with van der Waals surface area (Å²) in [6.45, 7) is 0. The second kappa shape index (κ2) is 35.4. The predicted molar refractivity (Wildman–Crippen MR) is 59.6 cm³/mol. The van der Waals surface area contributed by atoms with Crippen molar-refractivity contribution in [1.82, 2.24) is 0 Å². The molecule has 0 radical (unpaired) electrons. The van der Waals surface area contributed by atoms with E-state index in [9.17, 15) is 0 Å². The molecule has 0 aromatic rings. The standard InChI is InChI=1S/2AsH3.2Ga.2In.12H/h2*1H3;;;;;;;;;;;;;;;;. The monoisotopic (exact) mass is 536 g/mol. The third-order valence-corrected chi connectivity index (χ3v) is 0. The van der Waals surface area contributed by atoms with Crippen LogP contribution in [0, 0.1) is 0 Å². The molecule has 6 heteroatoms. The molecule has 0 heterocycles. The van der Waals surface area contributed by atoms with E-state index in [0.29, 0.717) is 0 Å². The van der Waals surface area contributed by atoms with Gasteiger partial charge in [-0.1, -0.05) is 0 Å². The maximum atomic E-state index is 0. The van der Waals surface area contributed by atoms with Crippen molar-refractivity contribution in [3.8, 4) is 0 Å². The van der Waals surface area contributed by atoms with Crippen molar-refractivity contribution >= 4 is 127 Å². The molecule has 0 aliphatic rings. The molecule has 0 N–H and O–H groups in total. The van der Waals surface area contributed by atoms with Gasteiger partial charge < -0.3 is 0 Å². The van der Waals surface area contributed by atoms with Crippen LogP contribution in [0.3, 0.4) is 0 Å². The first-order valence-corrected chi connectivity index (χ1v) is 0. The predicted octanol–water partition coefficient (Wildman–Crippen LogP) is -7.10. The SMILES string of the molecule is [AsH3].[AsH3].[GaH3].[GaH3].[InH3].[InH3]. The van der Waals surface area contributed by atoms with E-state index in [4.69, 9.17) is 0 Å². The summed E-state index contributed by atoms with van der Waals surface area (Å²) < 4.78 is 0. The first-order valence-electron chi connectivity index (χ1n) is 0. The fourth-order valence-corrected chi connectivity index (χ4v) is 0. The van der Waals surface area contributed by atoms with Gasteiger partial charge in [0.2, 0.25) is 0 Å². The molecule has 0 aromatic carbocycles. The van der Waals surface area contributed by atoms with E-state index < -0.39 is 0 Å². The van der Waals surface area contributed by atoms with Crippen LogP contribution in [-0.4, -0.2) is 127 Å². The second-order valence-corrected chi connectivity index (χ2v) is 0. The average molecular weight is 537 g/mol. The Hall–Kier alpha value is 4.13. The van der Waals surface area contributed by atoms with E-state index >= 15 is 0 Å². The van der Waals surface area contributed by atoms with Crippen LogP contribution in [-0.2, 0) is 0 Å². The van der Waals surface area contributed by atoms with Crippen molar-refractivity contribution in [2.45, 2.75) is 0 Å². The van der Waals surface area contributed by atoms with Crippen LogP contribution in [0.5, 0.6) is 0 Å². The van der Waals surface area contributed by atoms with Gasteiger partial charge in [0.15, 0.2) is 0 Å². The fourth-order valence-electron chi connectivity index (χ4n) is 0. The Morgan fingerprint density at radius 2 is 0.500 bits per heavy atom. The van der Waals surface area contributed by atoms with E-state index in [1.54, 1.807) is 0 Å². The van der Waals surface area contributed by atoms with Crippen molar-refractivity contribution in [2.75, 3.05) is 0 Å². The van der Waals surface area contributed by atoms with Crippen LogP contribution >= 0.6 is 0 Å². The Morgan fingerprint density at radius 1 is 0.500 bits per heavy atom. The number of hydrogen-bond donors (Lipinski definition) is 0. The third-order valence-electron chi connectivity index (χ3n) is 0. The summed E-state index contributed by atoms with van der Waals surface area (Å²) in [5, 5.41) is 0. The van der Waals surface area contributed by atoms with E-state index in [0.717, 1.165) is 0 Å². The zero-order valence-corrected chi connectivity index (χ0v) is 7.35. The molecule has 0 rings (SSSR count). The molecule has 0 bridgehead atoms. The Balaban J connectivity index is 0. The third kappa shape index (κ3) is 24.2. The van der Waals surface area contributed by atoms with E-state index in [-0.39, 0.29) is 127 Å². The maximum absolute atomic E-state index is 0. The van der Waals surface area contributed by atoms with Gasteiger partial charge in [-0.15, -0.1) is 0 Å². The van der Waals surface area contributed by atoms with Gasteiger partial charge in [0.25, 0.3) is 0 Å². The summed E-state index contributed by atoms with van der Waals surface area (Å²) in [5.41, 5.74) is 0. The molecule has 0 aliphatic carbocycles. The summed E-state index contributed by atoms with van der Waals surface area (Å²) in [5.74, 6) is 0. The Bertz CT molecular complexity index is 9.51. The molecule has 0 aromatic heterocycles. The number of rotatable bonds is 0. The summed E-state index contributed by atoms with van der Waals surface area (Å²) in [6.07, 6.45) is 0. The van der Waals surface area contributed by atoms with Gasteiger partial charge in [0.05, 0.1) is 0 Å². The molecule has 40 valence electrons. The molecule has 0 amide bonds. The quantitative estimate of drug-likeness (QED) is 0.270. The van der Waals surface area contributed by atoms with Crippen molar-refractivity contribution in [1.29, 1.82) is 0 Å². The molecule has 0 fully saturated rings. The first kappa shape index (κ1) is 49.5. The normalized spacial score (nSPS) is 0. The van der Waals surface area contributed by atoms with Crippen LogP contribution in [0.1, 0.15) is 0 Å². The van der Waals surface area contributed by atoms with Gasteiger partial charge in [0, 0.05) is 0 Å². The van der Waals surface area contributed by atoms with Gasteiger partial charge in [-0.05, 0) is 0 Å². The molecular weight excluding hydrogens is 519 g/mol. The minimum absolute atomic E-state index is 0. The Morgan fingerprint density at radius 3 is 0.500 bits per heavy atom. The summed E-state index contributed by atoms with van der Waals surface area (Å²) in [6, 6.07) is 0. The van der Waals surface area contributed by atoms with E-state index in [1.807, 2.05) is 0 Å². The van der Waals surface area contributed by atoms with Crippen LogP contribution < -0.4 is 0 Å². The number of hydrogen-bond acceptors (Lipinski definition) is 0. The molecule has 0 aliphatic heterocycles. The van der Waals surface area contributed by atoms with Gasteiger partial charge in [-0.2, -0.15) is 0 Å². The zero-order chi connectivity index (χ0) is 0. The Kier molecular flexibility index (Phi) is 292. The Labute approximate surface area is 124 Å². The molecule has 0 spiro atoms. The van der Waals surface area contributed by atoms with E-state index in [2.05, 4.69) is 0 Å². The second-order valence-electron chi connectivity index (χ2n) is 0. The molecule has 0 nitrogen and oxygen atoms in total. The molecule has 2 unspecified atom stereocenters. The minimum atomic E-state index is 0. The summed E-state index contributed by atoms with van der Waals surface area (Å²) >= 11 is 0. The van der Waals surface area contributed by atoms with Gasteiger partial charge in [-0.25, -0.2) is 0 Å². The molecule has 0 saturated heterocycles. The van der Waals surface area contributed by atoms with Crippen LogP contribution in [0.4, 0.5) is 0 Å².